The van der Waals surface area contributed by atoms with Crippen LogP contribution in [0, 0.1) is 5.82 Å². The molecule has 0 spiro atoms. The van der Waals surface area contributed by atoms with E-state index in [0.717, 1.165) is 25.5 Å². The molecule has 1 saturated heterocycles. The third-order valence-corrected chi connectivity index (χ3v) is 4.82. The van der Waals surface area contributed by atoms with Gasteiger partial charge >= 0.3 is 6.18 Å². The number of hydrogen-bond acceptors (Lipinski definition) is 3. The number of amides is 1. The van der Waals surface area contributed by atoms with Crippen LogP contribution in [-0.2, 0) is 12.7 Å². The van der Waals surface area contributed by atoms with Crippen molar-refractivity contribution in [2.24, 2.45) is 0 Å². The second-order valence-electron chi connectivity index (χ2n) is 6.78. The number of halogens is 4. The van der Waals surface area contributed by atoms with Gasteiger partial charge in [-0.25, -0.2) is 4.39 Å². The van der Waals surface area contributed by atoms with Gasteiger partial charge in [0.15, 0.2) is 0 Å². The van der Waals surface area contributed by atoms with Crippen LogP contribution in [0.5, 0.6) is 0 Å². The molecule has 1 fully saturated rings. The van der Waals surface area contributed by atoms with Crippen LogP contribution in [0.1, 0.15) is 40.9 Å². The van der Waals surface area contributed by atoms with E-state index in [1.165, 1.54) is 0 Å². The van der Waals surface area contributed by atoms with Crippen molar-refractivity contribution in [3.05, 3.63) is 65.2 Å². The van der Waals surface area contributed by atoms with Gasteiger partial charge in [-0.15, -0.1) is 0 Å². The molecule has 2 heterocycles. The standard InChI is InChI=1S/C20H21F4N3O/c21-18-7-6-14(12-17(18)20(22,23)24)19(28)27(13-15-4-1-2-10-26-15)16-5-3-9-25-11-8-16/h1-2,4,6-7,10,12,16,25H,3,5,8-9,11,13H2. The molecule has 1 aromatic heterocycles. The zero-order chi connectivity index (χ0) is 20.1. The van der Waals surface area contributed by atoms with E-state index in [4.69, 9.17) is 0 Å². The van der Waals surface area contributed by atoms with Gasteiger partial charge in [0.05, 0.1) is 17.8 Å². The molecule has 1 amide bonds. The van der Waals surface area contributed by atoms with Crippen molar-refractivity contribution in [3.63, 3.8) is 0 Å². The Morgan fingerprint density at radius 3 is 2.71 bits per heavy atom. The molecule has 8 heteroatoms. The van der Waals surface area contributed by atoms with Crippen LogP contribution in [0.2, 0.25) is 0 Å². The largest absolute Gasteiger partial charge is 0.419 e. The summed E-state index contributed by atoms with van der Waals surface area (Å²) in [5.74, 6) is -1.94. The second kappa shape index (κ2) is 8.68. The van der Waals surface area contributed by atoms with E-state index in [0.29, 0.717) is 30.8 Å². The zero-order valence-corrected chi connectivity index (χ0v) is 15.2. The minimum absolute atomic E-state index is 0.135. The van der Waals surface area contributed by atoms with E-state index < -0.39 is 23.5 Å². The van der Waals surface area contributed by atoms with Gasteiger partial charge in [0.2, 0.25) is 0 Å². The minimum atomic E-state index is -4.86. The highest BCUT2D eigenvalue weighted by Crippen LogP contribution is 2.32. The highest BCUT2D eigenvalue weighted by atomic mass is 19.4. The number of nitrogens with zero attached hydrogens (tertiary/aromatic N) is 2. The monoisotopic (exact) mass is 395 g/mol. The number of hydrogen-bond donors (Lipinski definition) is 1. The van der Waals surface area contributed by atoms with Gasteiger partial charge in [-0.05, 0) is 62.7 Å². The Balaban J connectivity index is 1.93. The molecule has 150 valence electrons. The first-order valence-corrected chi connectivity index (χ1v) is 9.14. The van der Waals surface area contributed by atoms with E-state index in [1.54, 1.807) is 29.3 Å². The first kappa shape index (κ1) is 20.3. The van der Waals surface area contributed by atoms with Gasteiger partial charge < -0.3 is 10.2 Å². The zero-order valence-electron chi connectivity index (χ0n) is 15.2. The van der Waals surface area contributed by atoms with Crippen LogP contribution < -0.4 is 5.32 Å². The second-order valence-corrected chi connectivity index (χ2v) is 6.78. The van der Waals surface area contributed by atoms with Crippen LogP contribution in [0.25, 0.3) is 0 Å². The molecule has 1 aliphatic rings. The first-order chi connectivity index (χ1) is 13.4. The molecule has 1 unspecified atom stereocenters. The molecule has 2 aromatic rings. The van der Waals surface area contributed by atoms with Crippen LogP contribution in [0.3, 0.4) is 0 Å². The van der Waals surface area contributed by atoms with Crippen LogP contribution in [-0.4, -0.2) is 34.9 Å². The predicted molar refractivity (Wildman–Crippen MR) is 96.0 cm³/mol. The molecule has 0 radical (unpaired) electrons. The molecule has 0 bridgehead atoms. The summed E-state index contributed by atoms with van der Waals surface area (Å²) < 4.78 is 52.8. The highest BCUT2D eigenvalue weighted by Gasteiger charge is 2.35. The summed E-state index contributed by atoms with van der Waals surface area (Å²) in [4.78, 5) is 18.9. The van der Waals surface area contributed by atoms with Crippen molar-refractivity contribution in [3.8, 4) is 0 Å². The SMILES string of the molecule is O=C(c1ccc(F)c(C(F)(F)F)c1)N(Cc1ccccn1)C1CCCNCC1. The average molecular weight is 395 g/mol. The topological polar surface area (TPSA) is 45.2 Å². The Hall–Kier alpha value is -2.48. The summed E-state index contributed by atoms with van der Waals surface area (Å²) in [5, 5.41) is 3.26. The summed E-state index contributed by atoms with van der Waals surface area (Å²) >= 11 is 0. The van der Waals surface area contributed by atoms with Crippen LogP contribution in [0.15, 0.2) is 42.6 Å². The number of benzene rings is 1. The molecule has 1 atom stereocenters. The molecule has 1 N–H and O–H groups in total. The number of aromatic nitrogens is 1. The van der Waals surface area contributed by atoms with Crippen molar-refractivity contribution in [1.29, 1.82) is 0 Å². The maximum absolute atomic E-state index is 13.6. The summed E-state index contributed by atoms with van der Waals surface area (Å²) in [5.41, 5.74) is -0.966. The van der Waals surface area contributed by atoms with Gasteiger partial charge in [0, 0.05) is 17.8 Å². The van der Waals surface area contributed by atoms with E-state index in [2.05, 4.69) is 10.3 Å². The molecule has 0 aliphatic carbocycles. The summed E-state index contributed by atoms with van der Waals surface area (Å²) in [6.07, 6.45) is -0.983. The van der Waals surface area contributed by atoms with Gasteiger partial charge in [0.25, 0.3) is 5.91 Å². The Bertz CT molecular complexity index is 803. The third kappa shape index (κ3) is 4.86. The Morgan fingerprint density at radius 2 is 2.00 bits per heavy atom. The van der Waals surface area contributed by atoms with Crippen molar-refractivity contribution >= 4 is 5.91 Å². The normalized spacial score (nSPS) is 17.8. The summed E-state index contributed by atoms with van der Waals surface area (Å²) in [6.45, 7) is 1.73. The molecule has 1 aromatic carbocycles. The molecule has 0 saturated carbocycles. The summed E-state index contributed by atoms with van der Waals surface area (Å²) in [7, 11) is 0. The number of carbonyl (C=O) groups is 1. The Kier molecular flexibility index (Phi) is 6.28. The Labute approximate surface area is 160 Å². The number of alkyl halides is 3. The lowest BCUT2D eigenvalue weighted by Crippen LogP contribution is -2.40. The molecule has 3 rings (SSSR count). The van der Waals surface area contributed by atoms with E-state index in [1.807, 2.05) is 0 Å². The fraction of sp³-hybridized carbons (Fsp3) is 0.400. The highest BCUT2D eigenvalue weighted by molar-refractivity contribution is 5.94. The lowest BCUT2D eigenvalue weighted by molar-refractivity contribution is -0.140. The van der Waals surface area contributed by atoms with Crippen molar-refractivity contribution in [1.82, 2.24) is 15.2 Å². The van der Waals surface area contributed by atoms with Crippen molar-refractivity contribution in [2.45, 2.75) is 38.0 Å². The number of nitrogens with one attached hydrogen (secondary N) is 1. The molecule has 28 heavy (non-hydrogen) atoms. The lowest BCUT2D eigenvalue weighted by atomic mass is 10.0. The maximum atomic E-state index is 13.6. The predicted octanol–water partition coefficient (Wildman–Crippen LogP) is 4.02. The summed E-state index contributed by atoms with van der Waals surface area (Å²) in [6, 6.07) is 7.57. The molecule has 4 nitrogen and oxygen atoms in total. The number of carbonyl (C=O) groups excluding carboxylic acids is 1. The van der Waals surface area contributed by atoms with E-state index in [-0.39, 0.29) is 18.2 Å². The average Bonchev–Trinajstić information content (AvgIpc) is 2.95. The molecular weight excluding hydrogens is 374 g/mol. The van der Waals surface area contributed by atoms with Gasteiger partial charge in [-0.1, -0.05) is 6.07 Å². The fourth-order valence-corrected chi connectivity index (χ4v) is 3.39. The quantitative estimate of drug-likeness (QED) is 0.796. The Morgan fingerprint density at radius 1 is 1.18 bits per heavy atom. The first-order valence-electron chi connectivity index (χ1n) is 9.14. The number of pyridine rings is 1. The smallest absolute Gasteiger partial charge is 0.330 e. The van der Waals surface area contributed by atoms with Crippen molar-refractivity contribution < 1.29 is 22.4 Å². The van der Waals surface area contributed by atoms with Gasteiger partial charge in [0.1, 0.15) is 5.82 Å². The maximum Gasteiger partial charge on any atom is 0.419 e. The molecular formula is C20H21F4N3O. The minimum Gasteiger partial charge on any atom is -0.330 e. The lowest BCUT2D eigenvalue weighted by Gasteiger charge is -2.31. The fourth-order valence-electron chi connectivity index (χ4n) is 3.39. The van der Waals surface area contributed by atoms with E-state index >= 15 is 0 Å². The number of rotatable bonds is 4. The van der Waals surface area contributed by atoms with Crippen LogP contribution in [0.4, 0.5) is 17.6 Å². The molecule has 1 aliphatic heterocycles. The van der Waals surface area contributed by atoms with Gasteiger partial charge in [-0.2, -0.15) is 13.2 Å². The van der Waals surface area contributed by atoms with Crippen LogP contribution >= 0.6 is 0 Å². The van der Waals surface area contributed by atoms with Gasteiger partial charge in [-0.3, -0.25) is 9.78 Å². The van der Waals surface area contributed by atoms with E-state index in [9.17, 15) is 22.4 Å². The third-order valence-electron chi connectivity index (χ3n) is 4.82. The van der Waals surface area contributed by atoms with Crippen molar-refractivity contribution in [2.75, 3.05) is 13.1 Å².